The number of hydrogen-bond donors (Lipinski definition) is 3. The summed E-state index contributed by atoms with van der Waals surface area (Å²) < 4.78 is 39.6. The van der Waals surface area contributed by atoms with Gasteiger partial charge < -0.3 is 48.5 Å². The second-order valence-electron chi connectivity index (χ2n) is 22.2. The minimum absolute atomic E-state index is 0.179. The Morgan fingerprint density at radius 1 is 0.592 bits per heavy atom. The minimum Gasteiger partial charge on any atom is -0.481 e. The number of hydrogen-bond acceptors (Lipinski definition) is 17. The zero-order chi connectivity index (χ0) is 55.8. The van der Waals surface area contributed by atoms with Crippen molar-refractivity contribution in [1.29, 1.82) is 0 Å². The van der Waals surface area contributed by atoms with Crippen LogP contribution in [-0.2, 0) is 81.1 Å². The van der Waals surface area contributed by atoms with Crippen molar-refractivity contribution in [2.75, 3.05) is 26.4 Å². The molecule has 0 bridgehead atoms. The molecule has 20 nitrogen and oxygen atoms in total. The first-order valence-corrected chi connectivity index (χ1v) is 26.1. The number of carboxylic acids is 3. The lowest BCUT2D eigenvalue weighted by atomic mass is 9.46. The van der Waals surface area contributed by atoms with E-state index < -0.39 is 131 Å². The van der Waals surface area contributed by atoms with E-state index >= 15 is 0 Å². The Morgan fingerprint density at radius 3 is 1.47 bits per heavy atom. The molecule has 76 heavy (non-hydrogen) atoms. The van der Waals surface area contributed by atoms with Crippen molar-refractivity contribution in [1.82, 2.24) is 0 Å². The van der Waals surface area contributed by atoms with Crippen molar-refractivity contribution < 1.29 is 96.4 Å². The van der Waals surface area contributed by atoms with Gasteiger partial charge in [-0.15, -0.1) is 0 Å². The molecular weight excluding hydrogens is 993 g/mol. The number of aliphatic carboxylic acids is 3. The van der Waals surface area contributed by atoms with Crippen LogP contribution in [0, 0.1) is 51.2 Å². The highest BCUT2D eigenvalue weighted by Gasteiger charge is 2.61. The van der Waals surface area contributed by atoms with Crippen LogP contribution in [0.2, 0.25) is 0 Å². The van der Waals surface area contributed by atoms with Crippen LogP contribution in [0.5, 0.6) is 0 Å². The number of ether oxygens (including phenoxy) is 7. The van der Waals surface area contributed by atoms with Gasteiger partial charge in [0, 0.05) is 22.7 Å². The van der Waals surface area contributed by atoms with E-state index in [1.807, 2.05) is 32.9 Å². The second kappa shape index (κ2) is 24.6. The van der Waals surface area contributed by atoms with E-state index in [1.165, 1.54) is 0 Å². The van der Waals surface area contributed by atoms with Crippen LogP contribution in [0.4, 0.5) is 0 Å². The third-order valence-electron chi connectivity index (χ3n) is 17.2. The van der Waals surface area contributed by atoms with Crippen molar-refractivity contribution in [2.45, 2.75) is 149 Å². The predicted molar refractivity (Wildman–Crippen MR) is 265 cm³/mol. The standard InChI is InChI=1S/C56H72O20/c1-32-7-13-39-53(3,36(32)11-9-34-25-28-70-51(34)68)26-23-42(55(39,5)30-72-46(63)18-15-43(57)58)76-50(67)22-21-48(65)74-38-29-71-52(69)35(38)10-12-37-33(2)8-14-40-54(37,4)27-24-41(75-49(66)20-17-45(61)62)56(40,6)31-73-47(64)19-16-44(59)60/h9-12,25,35-42H,1-2,7-8,13-24,26-31H2,3-6H3,(H,57,58)(H,59,60)(H,61,62)/b11-9+,12-10+. The molecule has 12 unspecified atom stereocenters. The number of fused-ring (bicyclic) bond motifs is 2. The normalized spacial score (nSPS) is 33.0. The first-order chi connectivity index (χ1) is 35.8. The summed E-state index contributed by atoms with van der Waals surface area (Å²) in [6.07, 6.45) is 7.04. The number of allylic oxidation sites excluding steroid dienone is 4. The number of carbonyl (C=O) groups is 10. The molecule has 4 aliphatic carbocycles. The Balaban J connectivity index is 1.12. The summed E-state index contributed by atoms with van der Waals surface area (Å²) >= 11 is 0. The van der Waals surface area contributed by atoms with Crippen LogP contribution < -0.4 is 0 Å². The van der Waals surface area contributed by atoms with E-state index in [9.17, 15) is 53.1 Å². The number of cyclic esters (lactones) is 2. The van der Waals surface area contributed by atoms with E-state index in [2.05, 4.69) is 20.1 Å². The highest BCUT2D eigenvalue weighted by atomic mass is 16.6. The van der Waals surface area contributed by atoms with Gasteiger partial charge in [0.15, 0.2) is 6.10 Å². The summed E-state index contributed by atoms with van der Waals surface area (Å²) in [5, 5.41) is 27.5. The van der Waals surface area contributed by atoms with Crippen LogP contribution in [-0.4, -0.2) is 120 Å². The zero-order valence-electron chi connectivity index (χ0n) is 43.8. The van der Waals surface area contributed by atoms with Gasteiger partial charge in [0.2, 0.25) is 0 Å². The maximum Gasteiger partial charge on any atom is 0.338 e. The molecule has 2 heterocycles. The Kier molecular flexibility index (Phi) is 19.0. The predicted octanol–water partition coefficient (Wildman–Crippen LogP) is 6.73. The maximum atomic E-state index is 13.7. The number of rotatable bonds is 23. The molecule has 5 fully saturated rings. The van der Waals surface area contributed by atoms with Crippen LogP contribution in [0.3, 0.4) is 0 Å². The molecule has 0 aromatic heterocycles. The fourth-order valence-corrected chi connectivity index (χ4v) is 13.2. The fourth-order valence-electron chi connectivity index (χ4n) is 13.2. The average molecular weight is 1070 g/mol. The Morgan fingerprint density at radius 2 is 1.03 bits per heavy atom. The van der Waals surface area contributed by atoms with Gasteiger partial charge in [-0.2, -0.15) is 0 Å². The summed E-state index contributed by atoms with van der Waals surface area (Å²) in [5.41, 5.74) is -0.830. The molecule has 20 heteroatoms. The van der Waals surface area contributed by atoms with Gasteiger partial charge in [0.25, 0.3) is 0 Å². The van der Waals surface area contributed by atoms with Crippen LogP contribution in [0.25, 0.3) is 0 Å². The molecule has 4 saturated carbocycles. The maximum absolute atomic E-state index is 13.7. The molecule has 0 radical (unpaired) electrons. The van der Waals surface area contributed by atoms with E-state index in [-0.39, 0.29) is 75.8 Å². The Hall–Kier alpha value is -6.60. The van der Waals surface area contributed by atoms with Crippen LogP contribution >= 0.6 is 0 Å². The molecular formula is C56H72O20. The Bertz CT molecular complexity index is 2430. The third kappa shape index (κ3) is 13.5. The van der Waals surface area contributed by atoms with Gasteiger partial charge in [-0.25, -0.2) is 4.79 Å². The van der Waals surface area contributed by atoms with Crippen molar-refractivity contribution in [3.05, 3.63) is 60.3 Å². The van der Waals surface area contributed by atoms with Gasteiger partial charge in [0.1, 0.15) is 44.6 Å². The molecule has 0 aromatic carbocycles. The summed E-state index contributed by atoms with van der Waals surface area (Å²) in [4.78, 5) is 125. The monoisotopic (exact) mass is 1060 g/mol. The first-order valence-electron chi connectivity index (χ1n) is 26.1. The van der Waals surface area contributed by atoms with E-state index in [1.54, 1.807) is 18.2 Å². The third-order valence-corrected chi connectivity index (χ3v) is 17.2. The SMILES string of the molecule is C=C1CCC2C(C)(COC(=O)CCC(=O)O)C(OC(=O)CCC(=O)O)CCC2(C)C1/C=C/C1C(=O)OCC1OC(=O)CCC(=O)OC1CCC2(C)C(/C=C/C3=CCOC3=O)C(=C)CCC2C1(C)COC(=O)CCC(=O)O. The van der Waals surface area contributed by atoms with E-state index in [4.69, 9.17) is 43.4 Å². The van der Waals surface area contributed by atoms with E-state index in [0.717, 1.165) is 11.1 Å². The van der Waals surface area contributed by atoms with Crippen LogP contribution in [0.1, 0.15) is 130 Å². The summed E-state index contributed by atoms with van der Waals surface area (Å²) in [7, 11) is 0. The lowest BCUT2D eigenvalue weighted by molar-refractivity contribution is -0.193. The molecule has 1 saturated heterocycles. The van der Waals surface area contributed by atoms with Gasteiger partial charge in [-0.1, -0.05) is 76.3 Å². The topological polar surface area (TPSA) is 296 Å². The Labute approximate surface area is 441 Å². The second-order valence-corrected chi connectivity index (χ2v) is 22.2. The largest absolute Gasteiger partial charge is 0.481 e. The molecule has 0 spiro atoms. The molecule has 416 valence electrons. The lowest BCUT2D eigenvalue weighted by Crippen LogP contribution is -2.58. The highest BCUT2D eigenvalue weighted by molar-refractivity contribution is 5.93. The van der Waals surface area contributed by atoms with Crippen LogP contribution in [0.15, 0.2) is 60.3 Å². The van der Waals surface area contributed by atoms with Gasteiger partial charge in [0.05, 0.1) is 56.9 Å². The van der Waals surface area contributed by atoms with Crippen molar-refractivity contribution in [3.8, 4) is 0 Å². The molecule has 0 aromatic rings. The van der Waals surface area contributed by atoms with Crippen molar-refractivity contribution in [3.63, 3.8) is 0 Å². The minimum atomic E-state index is -1.17. The molecule has 2 aliphatic heterocycles. The lowest BCUT2D eigenvalue weighted by Gasteiger charge is -2.60. The van der Waals surface area contributed by atoms with Crippen molar-refractivity contribution in [2.24, 2.45) is 51.2 Å². The fraction of sp³-hybridized carbons (Fsp3) is 0.643. The average Bonchev–Trinajstić information content (AvgIpc) is 3.93. The molecule has 12 atom stereocenters. The number of carboxylic acid groups (broad SMARTS) is 3. The number of esters is 7. The van der Waals surface area contributed by atoms with Gasteiger partial charge in [-0.3, -0.25) is 43.2 Å². The molecule has 6 aliphatic rings. The summed E-state index contributed by atoms with van der Waals surface area (Å²) in [6.45, 7) is 16.1. The van der Waals surface area contributed by atoms with E-state index in [0.29, 0.717) is 56.9 Å². The number of carbonyl (C=O) groups excluding carboxylic acids is 7. The molecule has 6 rings (SSSR count). The summed E-state index contributed by atoms with van der Waals surface area (Å²) in [5.74, 6) is -10.3. The zero-order valence-corrected chi connectivity index (χ0v) is 43.8. The first kappa shape index (κ1) is 58.7. The molecule has 0 amide bonds. The smallest absolute Gasteiger partial charge is 0.338 e. The molecule has 3 N–H and O–H groups in total. The highest BCUT2D eigenvalue weighted by Crippen LogP contribution is 2.63. The summed E-state index contributed by atoms with van der Waals surface area (Å²) in [6, 6.07) is 0. The quantitative estimate of drug-likeness (QED) is 0.0543. The van der Waals surface area contributed by atoms with Gasteiger partial charge >= 0.3 is 59.7 Å². The van der Waals surface area contributed by atoms with Crippen molar-refractivity contribution >= 4 is 59.7 Å². The van der Waals surface area contributed by atoms with Gasteiger partial charge in [-0.05, 0) is 80.1 Å².